The van der Waals surface area contributed by atoms with Crippen molar-refractivity contribution >= 4 is 17.5 Å². The third kappa shape index (κ3) is 4.28. The molecule has 106 valence electrons. The first-order valence-electron chi connectivity index (χ1n) is 5.16. The number of nitrogens with zero attached hydrogens (tertiary/aromatic N) is 2. The number of carbonyl (C=O) groups is 1. The second kappa shape index (κ2) is 5.74. The smallest absolute Gasteiger partial charge is 0.405 e. The minimum Gasteiger partial charge on any atom is -0.478 e. The summed E-state index contributed by atoms with van der Waals surface area (Å²) in [6.07, 6.45) is -3.49. The molecule has 1 heterocycles. The number of carboxylic acid groups (broad SMARTS) is 1. The van der Waals surface area contributed by atoms with Gasteiger partial charge in [-0.3, -0.25) is 0 Å². The highest BCUT2D eigenvalue weighted by Gasteiger charge is 2.32. The number of hydrogen-bond acceptors (Lipinski definition) is 5. The van der Waals surface area contributed by atoms with Crippen LogP contribution in [0.5, 0.6) is 0 Å². The van der Waals surface area contributed by atoms with E-state index in [0.717, 1.165) is 12.3 Å². The molecule has 0 unspecified atom stereocenters. The summed E-state index contributed by atoms with van der Waals surface area (Å²) in [5.41, 5.74) is 4.93. The molecule has 0 amide bonds. The molecule has 0 aliphatic carbocycles. The Hall–Kier alpha value is -2.03. The van der Waals surface area contributed by atoms with E-state index in [4.69, 9.17) is 15.9 Å². The van der Waals surface area contributed by atoms with Crippen LogP contribution in [0.25, 0.3) is 0 Å². The normalized spacial score (nSPS) is 11.4. The average molecular weight is 279 g/mol. The third-order valence-corrected chi connectivity index (χ3v) is 2.16. The maximum absolute atomic E-state index is 12.4. The Balaban J connectivity index is 3.18. The van der Waals surface area contributed by atoms with Crippen LogP contribution >= 0.6 is 0 Å². The van der Waals surface area contributed by atoms with Crippen molar-refractivity contribution < 1.29 is 28.2 Å². The zero-order chi connectivity index (χ0) is 14.6. The lowest BCUT2D eigenvalue weighted by Gasteiger charge is -2.25. The van der Waals surface area contributed by atoms with Crippen molar-refractivity contribution in [3.05, 3.63) is 17.8 Å². The first kappa shape index (κ1) is 15.0. The van der Waals surface area contributed by atoms with E-state index in [1.807, 2.05) is 0 Å². The fraction of sp³-hybridized carbons (Fsp3) is 0.400. The molecule has 0 saturated heterocycles. The third-order valence-electron chi connectivity index (χ3n) is 2.16. The summed E-state index contributed by atoms with van der Waals surface area (Å²) in [4.78, 5) is 15.2. The minimum atomic E-state index is -4.55. The van der Waals surface area contributed by atoms with Crippen molar-refractivity contribution in [2.24, 2.45) is 0 Å². The number of nitrogens with two attached hydrogens (primary N) is 1. The van der Waals surface area contributed by atoms with Crippen LogP contribution in [0.1, 0.15) is 10.4 Å². The summed E-state index contributed by atoms with van der Waals surface area (Å²) in [7, 11) is 0. The number of aliphatic hydroxyl groups excluding tert-OH is 1. The fourth-order valence-electron chi connectivity index (χ4n) is 1.48. The van der Waals surface area contributed by atoms with Crippen LogP contribution in [0, 0.1) is 0 Å². The lowest BCUT2D eigenvalue weighted by Crippen LogP contribution is -2.37. The van der Waals surface area contributed by atoms with E-state index in [1.165, 1.54) is 0 Å². The molecule has 1 rings (SSSR count). The van der Waals surface area contributed by atoms with Crippen LogP contribution in [-0.2, 0) is 0 Å². The van der Waals surface area contributed by atoms with Crippen LogP contribution in [0.15, 0.2) is 12.3 Å². The number of carboxylic acids is 1. The van der Waals surface area contributed by atoms with Gasteiger partial charge in [0.1, 0.15) is 17.9 Å². The van der Waals surface area contributed by atoms with Gasteiger partial charge in [0.05, 0.1) is 18.5 Å². The van der Waals surface area contributed by atoms with Gasteiger partial charge in [-0.2, -0.15) is 13.2 Å². The summed E-state index contributed by atoms with van der Waals surface area (Å²) in [6.45, 7) is -2.37. The van der Waals surface area contributed by atoms with Crippen LogP contribution in [0.2, 0.25) is 0 Å². The monoisotopic (exact) mass is 279 g/mol. The zero-order valence-corrected chi connectivity index (χ0v) is 9.68. The largest absolute Gasteiger partial charge is 0.478 e. The van der Waals surface area contributed by atoms with Gasteiger partial charge in [0.25, 0.3) is 0 Å². The van der Waals surface area contributed by atoms with Gasteiger partial charge >= 0.3 is 12.1 Å². The average Bonchev–Trinajstić information content (AvgIpc) is 2.26. The lowest BCUT2D eigenvalue weighted by molar-refractivity contribution is -0.120. The first-order valence-corrected chi connectivity index (χ1v) is 5.16. The number of aromatic carboxylic acids is 1. The van der Waals surface area contributed by atoms with Crippen molar-refractivity contribution in [2.75, 3.05) is 30.3 Å². The predicted molar refractivity (Wildman–Crippen MR) is 61.0 cm³/mol. The van der Waals surface area contributed by atoms with Gasteiger partial charge in [-0.05, 0) is 6.07 Å². The van der Waals surface area contributed by atoms with Gasteiger partial charge in [-0.25, -0.2) is 9.78 Å². The zero-order valence-electron chi connectivity index (χ0n) is 9.68. The molecule has 0 atom stereocenters. The Kier molecular flexibility index (Phi) is 4.54. The quantitative estimate of drug-likeness (QED) is 0.734. The molecule has 0 bridgehead atoms. The number of nitrogen functional groups attached to an aromatic ring is 1. The number of aromatic nitrogens is 1. The highest BCUT2D eigenvalue weighted by Crippen LogP contribution is 2.24. The summed E-state index contributed by atoms with van der Waals surface area (Å²) in [5, 5.41) is 17.7. The van der Waals surface area contributed by atoms with E-state index in [1.54, 1.807) is 0 Å². The molecule has 0 aromatic carbocycles. The van der Waals surface area contributed by atoms with Crippen molar-refractivity contribution in [3.63, 3.8) is 0 Å². The van der Waals surface area contributed by atoms with Crippen LogP contribution in [0.4, 0.5) is 24.7 Å². The van der Waals surface area contributed by atoms with Gasteiger partial charge in [-0.1, -0.05) is 0 Å². The Morgan fingerprint density at radius 1 is 1.47 bits per heavy atom. The van der Waals surface area contributed by atoms with E-state index >= 15 is 0 Å². The van der Waals surface area contributed by atoms with Crippen LogP contribution in [-0.4, -0.2) is 47.0 Å². The number of halogens is 3. The van der Waals surface area contributed by atoms with E-state index in [2.05, 4.69) is 4.98 Å². The Morgan fingerprint density at radius 2 is 2.11 bits per heavy atom. The Morgan fingerprint density at radius 3 is 2.58 bits per heavy atom. The van der Waals surface area contributed by atoms with Crippen molar-refractivity contribution in [1.29, 1.82) is 0 Å². The van der Waals surface area contributed by atoms with Crippen LogP contribution in [0.3, 0.4) is 0 Å². The SMILES string of the molecule is Nc1cnc(N(CCO)CC(F)(F)F)c(C(=O)O)c1. The standard InChI is InChI=1S/C10H12F3N3O3/c11-10(12,13)5-16(1-2-17)8-7(9(18)19)3-6(14)4-15-8/h3-4,17H,1-2,5,14H2,(H,18,19). The number of hydrogen-bond donors (Lipinski definition) is 3. The molecule has 1 aromatic heterocycles. The van der Waals surface area contributed by atoms with Gasteiger partial charge in [0.15, 0.2) is 0 Å². The maximum atomic E-state index is 12.4. The van der Waals surface area contributed by atoms with Gasteiger partial charge in [-0.15, -0.1) is 0 Å². The molecule has 4 N–H and O–H groups in total. The molecule has 0 saturated carbocycles. The minimum absolute atomic E-state index is 0.0251. The van der Waals surface area contributed by atoms with E-state index in [-0.39, 0.29) is 11.5 Å². The number of anilines is 2. The van der Waals surface area contributed by atoms with Gasteiger partial charge < -0.3 is 20.8 Å². The van der Waals surface area contributed by atoms with Gasteiger partial charge in [0, 0.05) is 6.54 Å². The van der Waals surface area contributed by atoms with Crippen molar-refractivity contribution in [1.82, 2.24) is 4.98 Å². The molecule has 6 nitrogen and oxygen atoms in total. The number of aliphatic hydroxyl groups is 1. The number of alkyl halides is 3. The molecule has 19 heavy (non-hydrogen) atoms. The topological polar surface area (TPSA) is 99.7 Å². The second-order valence-corrected chi connectivity index (χ2v) is 3.71. The first-order chi connectivity index (χ1) is 8.74. The summed E-state index contributed by atoms with van der Waals surface area (Å²) in [6, 6.07) is 1.02. The molecule has 0 aliphatic rings. The highest BCUT2D eigenvalue weighted by molar-refractivity contribution is 5.94. The predicted octanol–water partition coefficient (Wildman–Crippen LogP) is 0.723. The van der Waals surface area contributed by atoms with Crippen molar-refractivity contribution in [2.45, 2.75) is 6.18 Å². The van der Waals surface area contributed by atoms with E-state index < -0.39 is 37.4 Å². The molecule has 0 radical (unpaired) electrons. The van der Waals surface area contributed by atoms with Crippen molar-refractivity contribution in [3.8, 4) is 0 Å². The Labute approximate surface area is 106 Å². The Bertz CT molecular complexity index is 465. The summed E-state index contributed by atoms with van der Waals surface area (Å²) >= 11 is 0. The van der Waals surface area contributed by atoms with Crippen LogP contribution < -0.4 is 10.6 Å². The molecule has 1 aromatic rings. The summed E-state index contributed by atoms with van der Waals surface area (Å²) < 4.78 is 37.2. The molecular weight excluding hydrogens is 267 g/mol. The molecule has 0 spiro atoms. The second-order valence-electron chi connectivity index (χ2n) is 3.71. The molecule has 0 aliphatic heterocycles. The van der Waals surface area contributed by atoms with E-state index in [0.29, 0.717) is 4.90 Å². The fourth-order valence-corrected chi connectivity index (χ4v) is 1.48. The van der Waals surface area contributed by atoms with E-state index in [9.17, 15) is 18.0 Å². The molecular formula is C10H12F3N3O3. The number of pyridine rings is 1. The molecule has 0 fully saturated rings. The number of rotatable bonds is 5. The highest BCUT2D eigenvalue weighted by atomic mass is 19.4. The van der Waals surface area contributed by atoms with Gasteiger partial charge in [0.2, 0.25) is 0 Å². The molecule has 9 heteroatoms. The lowest BCUT2D eigenvalue weighted by atomic mass is 10.2. The summed E-state index contributed by atoms with van der Waals surface area (Å²) in [5.74, 6) is -1.83. The maximum Gasteiger partial charge on any atom is 0.405 e.